The van der Waals surface area contributed by atoms with Gasteiger partial charge in [-0.1, -0.05) is 45.4 Å². The monoisotopic (exact) mass is 407 g/mol. The Hall–Kier alpha value is -2.94. The lowest BCUT2D eigenvalue weighted by Crippen LogP contribution is -2.53. The zero-order valence-electron chi connectivity index (χ0n) is 16.9. The lowest BCUT2D eigenvalue weighted by molar-refractivity contribution is -0.159. The van der Waals surface area contributed by atoms with Gasteiger partial charge in [-0.2, -0.15) is 0 Å². The molecule has 0 unspecified atom stereocenters. The summed E-state index contributed by atoms with van der Waals surface area (Å²) >= 11 is 0. The fourth-order valence-electron chi connectivity index (χ4n) is 3.08. The Morgan fingerprint density at radius 2 is 1.72 bits per heavy atom. The highest BCUT2D eigenvalue weighted by molar-refractivity contribution is 6.27. The second kappa shape index (κ2) is 11.2. The van der Waals surface area contributed by atoms with Gasteiger partial charge < -0.3 is 21.3 Å². The highest BCUT2D eigenvalue weighted by atomic mass is 16.4. The minimum Gasteiger partial charge on any atom is -0.473 e. The van der Waals surface area contributed by atoms with Crippen LogP contribution in [-0.2, 0) is 19.2 Å². The predicted octanol–water partition coefficient (Wildman–Crippen LogP) is 1.31. The molecule has 0 bridgehead atoms. The number of anilines is 1. The fraction of sp³-hybridized carbons (Fsp3) is 0.500. The van der Waals surface area contributed by atoms with Crippen LogP contribution in [0.2, 0.25) is 0 Å². The number of carbonyl (C=O) groups excluding carboxylic acids is 2. The molecular weight excluding hydrogens is 378 g/mol. The van der Waals surface area contributed by atoms with Crippen LogP contribution in [-0.4, -0.2) is 52.6 Å². The minimum absolute atomic E-state index is 0.0409. The van der Waals surface area contributed by atoms with Crippen molar-refractivity contribution in [3.63, 3.8) is 0 Å². The van der Waals surface area contributed by atoms with Crippen molar-refractivity contribution >= 4 is 29.4 Å². The Bertz CT molecular complexity index is 739. The first kappa shape index (κ1) is 24.1. The molecule has 0 aliphatic carbocycles. The van der Waals surface area contributed by atoms with Crippen LogP contribution in [0.25, 0.3) is 0 Å². The molecule has 9 nitrogen and oxygen atoms in total. The van der Waals surface area contributed by atoms with Gasteiger partial charge in [0.1, 0.15) is 6.04 Å². The van der Waals surface area contributed by atoms with Gasteiger partial charge in [-0.05, 0) is 24.5 Å². The van der Waals surface area contributed by atoms with Gasteiger partial charge in [0.05, 0.1) is 6.04 Å². The summed E-state index contributed by atoms with van der Waals surface area (Å²) in [6.45, 7) is 6.59. The minimum atomic E-state index is -1.82. The standard InChI is InChI=1S/C18H27N3O2.C2H2O4/c1-4-6-11-20-17(22)16-12(3)13-9-7-8-10-15(13)21(16)18(23)14(19)5-2;3-1(4)2(5)6/h7-10,12,14,16H,4-6,11,19H2,1-3H3,(H,20,22);(H,3,4)(H,5,6)/t12-,14-,16+;/m0./s1. The number of unbranched alkanes of at least 4 members (excludes halogenated alkanes) is 1. The van der Waals surface area contributed by atoms with Crippen molar-refractivity contribution in [3.8, 4) is 0 Å². The number of fused-ring (bicyclic) bond motifs is 1. The zero-order valence-corrected chi connectivity index (χ0v) is 16.9. The summed E-state index contributed by atoms with van der Waals surface area (Å²) in [5.74, 6) is -3.97. The van der Waals surface area contributed by atoms with E-state index in [4.69, 9.17) is 25.5 Å². The van der Waals surface area contributed by atoms with Gasteiger partial charge in [0.25, 0.3) is 0 Å². The molecule has 9 heteroatoms. The SMILES string of the molecule is CCCCNC(=O)[C@H]1[C@@H](C)c2ccccc2N1C(=O)[C@@H](N)CC.O=C(O)C(=O)O. The highest BCUT2D eigenvalue weighted by Gasteiger charge is 2.44. The van der Waals surface area contributed by atoms with Crippen molar-refractivity contribution in [2.45, 2.75) is 58.0 Å². The number of carbonyl (C=O) groups is 4. The van der Waals surface area contributed by atoms with Gasteiger partial charge in [0.2, 0.25) is 11.8 Å². The first-order valence-electron chi connectivity index (χ1n) is 9.58. The number of nitrogens with zero attached hydrogens (tertiary/aromatic N) is 1. The third-order valence-corrected chi connectivity index (χ3v) is 4.71. The van der Waals surface area contributed by atoms with E-state index >= 15 is 0 Å². The van der Waals surface area contributed by atoms with E-state index in [0.29, 0.717) is 13.0 Å². The molecule has 1 aliphatic rings. The highest BCUT2D eigenvalue weighted by Crippen LogP contribution is 2.41. The molecule has 0 saturated carbocycles. The first-order chi connectivity index (χ1) is 13.7. The van der Waals surface area contributed by atoms with Crippen molar-refractivity contribution in [3.05, 3.63) is 29.8 Å². The van der Waals surface area contributed by atoms with E-state index in [0.717, 1.165) is 24.1 Å². The average Bonchev–Trinajstić information content (AvgIpc) is 3.00. The molecular formula is C20H29N3O6. The van der Waals surface area contributed by atoms with E-state index in [1.54, 1.807) is 4.90 Å². The second-order valence-corrected chi connectivity index (χ2v) is 6.77. The summed E-state index contributed by atoms with van der Waals surface area (Å²) in [5, 5.41) is 17.7. The Labute approximate surface area is 169 Å². The van der Waals surface area contributed by atoms with Crippen molar-refractivity contribution < 1.29 is 29.4 Å². The van der Waals surface area contributed by atoms with Crippen LogP contribution in [0, 0.1) is 0 Å². The number of carboxylic acid groups (broad SMARTS) is 2. The maximum atomic E-state index is 12.8. The molecule has 1 aromatic carbocycles. The second-order valence-electron chi connectivity index (χ2n) is 6.77. The van der Waals surface area contributed by atoms with Crippen molar-refractivity contribution in [2.24, 2.45) is 5.73 Å². The number of nitrogens with one attached hydrogen (secondary N) is 1. The average molecular weight is 407 g/mol. The molecule has 0 saturated heterocycles. The smallest absolute Gasteiger partial charge is 0.414 e. The maximum Gasteiger partial charge on any atom is 0.414 e. The van der Waals surface area contributed by atoms with E-state index in [1.165, 1.54) is 0 Å². The van der Waals surface area contributed by atoms with Gasteiger partial charge in [-0.15, -0.1) is 0 Å². The van der Waals surface area contributed by atoms with Crippen LogP contribution in [0.15, 0.2) is 24.3 Å². The van der Waals surface area contributed by atoms with E-state index in [1.807, 2.05) is 38.1 Å². The number of para-hydroxylation sites is 1. The van der Waals surface area contributed by atoms with Gasteiger partial charge in [0, 0.05) is 18.2 Å². The molecule has 2 rings (SSSR count). The quantitative estimate of drug-likeness (QED) is 0.410. The molecule has 160 valence electrons. The van der Waals surface area contributed by atoms with Crippen LogP contribution in [0.5, 0.6) is 0 Å². The number of aliphatic carboxylic acids is 2. The lowest BCUT2D eigenvalue weighted by Gasteiger charge is -2.28. The maximum absolute atomic E-state index is 12.8. The summed E-state index contributed by atoms with van der Waals surface area (Å²) in [5.41, 5.74) is 7.80. The molecule has 29 heavy (non-hydrogen) atoms. The summed E-state index contributed by atoms with van der Waals surface area (Å²) in [6, 6.07) is 6.60. The molecule has 5 N–H and O–H groups in total. The van der Waals surface area contributed by atoms with E-state index in [-0.39, 0.29) is 17.7 Å². The molecule has 0 fully saturated rings. The number of hydrogen-bond donors (Lipinski definition) is 4. The van der Waals surface area contributed by atoms with Gasteiger partial charge in [0.15, 0.2) is 0 Å². The molecule has 2 amide bonds. The van der Waals surface area contributed by atoms with Crippen LogP contribution >= 0.6 is 0 Å². The Balaban J connectivity index is 0.000000612. The van der Waals surface area contributed by atoms with Crippen molar-refractivity contribution in [2.75, 3.05) is 11.4 Å². The first-order valence-corrected chi connectivity index (χ1v) is 9.58. The van der Waals surface area contributed by atoms with Crippen LogP contribution in [0.1, 0.15) is 51.5 Å². The molecule has 1 heterocycles. The number of rotatable bonds is 6. The molecule has 0 radical (unpaired) electrons. The summed E-state index contributed by atoms with van der Waals surface area (Å²) in [7, 11) is 0. The van der Waals surface area contributed by atoms with Gasteiger partial charge >= 0.3 is 11.9 Å². The molecule has 3 atom stereocenters. The Morgan fingerprint density at radius 3 is 2.24 bits per heavy atom. The molecule has 0 spiro atoms. The number of nitrogens with two attached hydrogens (primary N) is 1. The van der Waals surface area contributed by atoms with E-state index in [2.05, 4.69) is 12.2 Å². The normalized spacial score (nSPS) is 18.1. The predicted molar refractivity (Wildman–Crippen MR) is 108 cm³/mol. The fourth-order valence-corrected chi connectivity index (χ4v) is 3.08. The lowest BCUT2D eigenvalue weighted by atomic mass is 9.96. The number of benzene rings is 1. The van der Waals surface area contributed by atoms with Crippen molar-refractivity contribution in [1.29, 1.82) is 0 Å². The Kier molecular flexibility index (Phi) is 9.27. The van der Waals surface area contributed by atoms with Gasteiger partial charge in [-0.3, -0.25) is 14.5 Å². The third kappa shape index (κ3) is 6.02. The van der Waals surface area contributed by atoms with Crippen LogP contribution in [0.4, 0.5) is 5.69 Å². The van der Waals surface area contributed by atoms with E-state index < -0.39 is 24.0 Å². The largest absolute Gasteiger partial charge is 0.473 e. The third-order valence-electron chi connectivity index (χ3n) is 4.71. The Morgan fingerprint density at radius 1 is 1.14 bits per heavy atom. The molecule has 1 aromatic rings. The molecule has 0 aromatic heterocycles. The van der Waals surface area contributed by atoms with E-state index in [9.17, 15) is 9.59 Å². The number of hydrogen-bond acceptors (Lipinski definition) is 5. The van der Waals surface area contributed by atoms with Crippen LogP contribution < -0.4 is 16.0 Å². The summed E-state index contributed by atoms with van der Waals surface area (Å²) in [4.78, 5) is 45.2. The topological polar surface area (TPSA) is 150 Å². The summed E-state index contributed by atoms with van der Waals surface area (Å²) < 4.78 is 0. The number of carboxylic acids is 2. The number of amides is 2. The van der Waals surface area contributed by atoms with Gasteiger partial charge in [-0.25, -0.2) is 9.59 Å². The van der Waals surface area contributed by atoms with Crippen molar-refractivity contribution in [1.82, 2.24) is 5.32 Å². The summed E-state index contributed by atoms with van der Waals surface area (Å²) in [6.07, 6.45) is 2.50. The molecule has 1 aliphatic heterocycles. The van der Waals surface area contributed by atoms with Crippen LogP contribution in [0.3, 0.4) is 0 Å². The zero-order chi connectivity index (χ0) is 22.1.